The summed E-state index contributed by atoms with van der Waals surface area (Å²) < 4.78 is 23.7. The molecule has 19 heavy (non-hydrogen) atoms. The minimum atomic E-state index is -3.32. The number of nitrogens with one attached hydrogen (secondary N) is 1. The smallest absolute Gasteiger partial charge is 0.307 e. The molecule has 0 spiro atoms. The van der Waals surface area contributed by atoms with Crippen LogP contribution in [0.3, 0.4) is 0 Å². The number of hydrogen-bond donors (Lipinski definition) is 2. The lowest BCUT2D eigenvalue weighted by atomic mass is 9.99. The molecule has 0 aliphatic carbocycles. The van der Waals surface area contributed by atoms with Gasteiger partial charge in [0, 0.05) is 18.8 Å². The van der Waals surface area contributed by atoms with Gasteiger partial charge in [0.2, 0.25) is 0 Å². The van der Waals surface area contributed by atoms with E-state index in [0.717, 1.165) is 5.56 Å². The summed E-state index contributed by atoms with van der Waals surface area (Å²) in [7, 11) is -3.32. The predicted octanol–water partition coefficient (Wildman–Crippen LogP) is 1.13. The van der Waals surface area contributed by atoms with Crippen molar-refractivity contribution in [1.82, 2.24) is 5.32 Å². The average molecular weight is 283 g/mol. The van der Waals surface area contributed by atoms with Gasteiger partial charge in [-0.2, -0.15) is 0 Å². The van der Waals surface area contributed by atoms with Gasteiger partial charge in [-0.25, -0.2) is 8.42 Å². The summed E-state index contributed by atoms with van der Waals surface area (Å²) in [6, 6.07) is 5.04. The van der Waals surface area contributed by atoms with Crippen molar-refractivity contribution in [2.75, 3.05) is 12.8 Å². The highest BCUT2D eigenvalue weighted by molar-refractivity contribution is 7.90. The van der Waals surface area contributed by atoms with Gasteiger partial charge in [-0.15, -0.1) is 0 Å². The third-order valence-corrected chi connectivity index (χ3v) is 4.58. The van der Waals surface area contributed by atoms with E-state index in [9.17, 15) is 13.2 Å². The Bertz CT molecular complexity index is 609. The molecular formula is C13H17NO4S. The van der Waals surface area contributed by atoms with Crippen LogP contribution in [0.5, 0.6) is 0 Å². The van der Waals surface area contributed by atoms with E-state index in [-0.39, 0.29) is 10.9 Å². The van der Waals surface area contributed by atoms with Crippen LogP contribution >= 0.6 is 0 Å². The van der Waals surface area contributed by atoms with Gasteiger partial charge < -0.3 is 10.4 Å². The molecule has 1 aromatic carbocycles. The van der Waals surface area contributed by atoms with Gasteiger partial charge in [0.25, 0.3) is 0 Å². The second-order valence-corrected chi connectivity index (χ2v) is 7.03. The van der Waals surface area contributed by atoms with Crippen molar-refractivity contribution in [1.29, 1.82) is 0 Å². The number of rotatable bonds is 3. The molecule has 2 rings (SSSR count). The van der Waals surface area contributed by atoms with Gasteiger partial charge in [-0.3, -0.25) is 4.79 Å². The number of hydrogen-bond acceptors (Lipinski definition) is 4. The highest BCUT2D eigenvalue weighted by atomic mass is 32.2. The topological polar surface area (TPSA) is 83.5 Å². The van der Waals surface area contributed by atoms with Gasteiger partial charge in [0.1, 0.15) is 0 Å². The fourth-order valence-corrected chi connectivity index (χ4v) is 3.45. The van der Waals surface area contributed by atoms with Crippen LogP contribution < -0.4 is 5.32 Å². The first-order chi connectivity index (χ1) is 8.79. The number of carbonyl (C=O) groups is 1. The molecule has 104 valence electrons. The van der Waals surface area contributed by atoms with Crippen molar-refractivity contribution in [3.63, 3.8) is 0 Å². The van der Waals surface area contributed by atoms with E-state index in [1.807, 2.05) is 13.0 Å². The van der Waals surface area contributed by atoms with E-state index in [1.165, 1.54) is 6.26 Å². The van der Waals surface area contributed by atoms with Crippen LogP contribution in [0, 0.1) is 12.8 Å². The first-order valence-electron chi connectivity index (χ1n) is 6.06. The highest BCUT2D eigenvalue weighted by Crippen LogP contribution is 2.32. The lowest BCUT2D eigenvalue weighted by Gasteiger charge is -2.15. The van der Waals surface area contributed by atoms with E-state index < -0.39 is 21.7 Å². The summed E-state index contributed by atoms with van der Waals surface area (Å²) in [5.74, 6) is -1.30. The second-order valence-electron chi connectivity index (χ2n) is 5.05. The Kier molecular flexibility index (Phi) is 3.64. The van der Waals surface area contributed by atoms with Crippen molar-refractivity contribution in [2.45, 2.75) is 24.3 Å². The zero-order valence-electron chi connectivity index (χ0n) is 10.9. The molecule has 6 heteroatoms. The van der Waals surface area contributed by atoms with Gasteiger partial charge in [-0.1, -0.05) is 12.1 Å². The van der Waals surface area contributed by atoms with E-state index in [1.54, 1.807) is 12.1 Å². The average Bonchev–Trinajstić information content (AvgIpc) is 2.77. The molecule has 0 radical (unpaired) electrons. The van der Waals surface area contributed by atoms with Gasteiger partial charge in [-0.05, 0) is 30.5 Å². The summed E-state index contributed by atoms with van der Waals surface area (Å²) in [5.41, 5.74) is 1.54. The number of aryl methyl sites for hydroxylation is 1. The summed E-state index contributed by atoms with van der Waals surface area (Å²) >= 11 is 0. The molecule has 1 fully saturated rings. The second kappa shape index (κ2) is 4.94. The van der Waals surface area contributed by atoms with Crippen LogP contribution in [-0.4, -0.2) is 32.3 Å². The molecule has 0 bridgehead atoms. The molecular weight excluding hydrogens is 266 g/mol. The fraction of sp³-hybridized carbons (Fsp3) is 0.462. The Morgan fingerprint density at radius 2 is 2.11 bits per heavy atom. The maximum absolute atomic E-state index is 11.8. The quantitative estimate of drug-likeness (QED) is 0.869. The van der Waals surface area contributed by atoms with Crippen LogP contribution in [-0.2, 0) is 14.6 Å². The molecule has 2 unspecified atom stereocenters. The molecule has 0 saturated carbocycles. The van der Waals surface area contributed by atoms with Crippen LogP contribution in [0.25, 0.3) is 0 Å². The SMILES string of the molecule is Cc1ccc(C2CC(C(=O)O)CN2)c(S(C)(=O)=O)c1. The Hall–Kier alpha value is -1.40. The third-order valence-electron chi connectivity index (χ3n) is 3.42. The molecule has 2 atom stereocenters. The standard InChI is InChI=1S/C13H17NO4S/c1-8-3-4-10(12(5-8)19(2,17)18)11-6-9(7-14-11)13(15)16/h3-5,9,11,14H,6-7H2,1-2H3,(H,15,16). The Morgan fingerprint density at radius 1 is 1.42 bits per heavy atom. The van der Waals surface area contributed by atoms with Gasteiger partial charge >= 0.3 is 5.97 Å². The van der Waals surface area contributed by atoms with Crippen molar-refractivity contribution < 1.29 is 18.3 Å². The van der Waals surface area contributed by atoms with Crippen LogP contribution in [0.1, 0.15) is 23.6 Å². The maximum atomic E-state index is 11.8. The molecule has 5 nitrogen and oxygen atoms in total. The van der Waals surface area contributed by atoms with E-state index in [2.05, 4.69) is 5.32 Å². The summed E-state index contributed by atoms with van der Waals surface area (Å²) in [4.78, 5) is 11.2. The van der Waals surface area contributed by atoms with Crippen LogP contribution in [0.15, 0.2) is 23.1 Å². The highest BCUT2D eigenvalue weighted by Gasteiger charge is 2.32. The fourth-order valence-electron chi connectivity index (χ4n) is 2.41. The number of carboxylic acid groups (broad SMARTS) is 1. The minimum Gasteiger partial charge on any atom is -0.481 e. The van der Waals surface area contributed by atoms with E-state index in [0.29, 0.717) is 18.5 Å². The summed E-state index contributed by atoms with van der Waals surface area (Å²) in [6.45, 7) is 2.21. The number of benzene rings is 1. The first-order valence-corrected chi connectivity index (χ1v) is 7.95. The van der Waals surface area contributed by atoms with Crippen molar-refractivity contribution >= 4 is 15.8 Å². The first kappa shape index (κ1) is 14.0. The van der Waals surface area contributed by atoms with Gasteiger partial charge in [0.05, 0.1) is 10.8 Å². The molecule has 1 heterocycles. The number of sulfone groups is 1. The molecule has 0 aromatic heterocycles. The Morgan fingerprint density at radius 3 is 2.63 bits per heavy atom. The molecule has 1 aliphatic rings. The summed E-state index contributed by atoms with van der Waals surface area (Å²) in [5, 5.41) is 12.1. The largest absolute Gasteiger partial charge is 0.481 e. The predicted molar refractivity (Wildman–Crippen MR) is 70.8 cm³/mol. The lowest BCUT2D eigenvalue weighted by Crippen LogP contribution is -2.18. The third kappa shape index (κ3) is 2.96. The number of carboxylic acids is 1. The number of aliphatic carboxylic acids is 1. The lowest BCUT2D eigenvalue weighted by molar-refractivity contribution is -0.141. The molecule has 2 N–H and O–H groups in total. The Labute approximate surface area is 112 Å². The molecule has 1 aliphatic heterocycles. The Balaban J connectivity index is 2.39. The summed E-state index contributed by atoms with van der Waals surface area (Å²) in [6.07, 6.45) is 1.59. The van der Waals surface area contributed by atoms with E-state index in [4.69, 9.17) is 5.11 Å². The molecule has 1 saturated heterocycles. The van der Waals surface area contributed by atoms with Crippen molar-refractivity contribution in [3.8, 4) is 0 Å². The maximum Gasteiger partial charge on any atom is 0.307 e. The van der Waals surface area contributed by atoms with Gasteiger partial charge in [0.15, 0.2) is 9.84 Å². The molecule has 0 amide bonds. The minimum absolute atomic E-state index is 0.216. The van der Waals surface area contributed by atoms with Crippen molar-refractivity contribution in [2.24, 2.45) is 5.92 Å². The van der Waals surface area contributed by atoms with E-state index >= 15 is 0 Å². The zero-order chi connectivity index (χ0) is 14.2. The van der Waals surface area contributed by atoms with Crippen LogP contribution in [0.2, 0.25) is 0 Å². The zero-order valence-corrected chi connectivity index (χ0v) is 11.7. The molecule has 1 aromatic rings. The normalized spacial score (nSPS) is 23.5. The van der Waals surface area contributed by atoms with Crippen molar-refractivity contribution in [3.05, 3.63) is 29.3 Å². The van der Waals surface area contributed by atoms with Crippen LogP contribution in [0.4, 0.5) is 0 Å². The monoisotopic (exact) mass is 283 g/mol.